The first-order chi connectivity index (χ1) is 13.6. The molecule has 1 aromatic heterocycles. The van der Waals surface area contributed by atoms with Gasteiger partial charge in [-0.3, -0.25) is 9.59 Å². The fraction of sp³-hybridized carbons (Fsp3) is 0.0909. The van der Waals surface area contributed by atoms with E-state index in [1.165, 1.54) is 0 Å². The van der Waals surface area contributed by atoms with E-state index in [0.29, 0.717) is 11.3 Å². The van der Waals surface area contributed by atoms with Crippen LogP contribution in [0.3, 0.4) is 0 Å². The van der Waals surface area contributed by atoms with Crippen molar-refractivity contribution in [2.75, 3.05) is 12.4 Å². The number of amides is 2. The molecular weight excluding hydrogens is 356 g/mol. The summed E-state index contributed by atoms with van der Waals surface area (Å²) in [4.78, 5) is 24.2. The van der Waals surface area contributed by atoms with E-state index in [0.717, 1.165) is 27.7 Å². The van der Waals surface area contributed by atoms with Crippen molar-refractivity contribution in [3.8, 4) is 5.75 Å². The molecule has 0 fully saturated rings. The summed E-state index contributed by atoms with van der Waals surface area (Å²) in [7, 11) is 1.59. The second-order valence-electron chi connectivity index (χ2n) is 6.29. The molecular formula is C22H18N2O4. The molecule has 0 aliphatic heterocycles. The number of rotatable bonds is 4. The van der Waals surface area contributed by atoms with Crippen molar-refractivity contribution in [1.29, 1.82) is 0 Å². The van der Waals surface area contributed by atoms with Crippen molar-refractivity contribution in [1.82, 2.24) is 5.32 Å². The van der Waals surface area contributed by atoms with Gasteiger partial charge < -0.3 is 19.8 Å². The summed E-state index contributed by atoms with van der Waals surface area (Å²) >= 11 is 0. The Bertz CT molecular complexity index is 1160. The van der Waals surface area contributed by atoms with Crippen LogP contribution in [-0.2, 0) is 16.1 Å². The molecule has 0 bridgehead atoms. The standard InChI is InChI=1S/C22H18N2O4/c1-27-16-9-6-14(7-10-16)13-23-21(25)22(26)24-15-8-11-18-17-4-2-3-5-19(17)28-20(18)12-15/h2-12H,13H2,1H3,(H,23,25)(H,24,26). The zero-order chi connectivity index (χ0) is 19.5. The highest BCUT2D eigenvalue weighted by Crippen LogP contribution is 2.30. The smallest absolute Gasteiger partial charge is 0.313 e. The first-order valence-electron chi connectivity index (χ1n) is 8.77. The number of hydrogen-bond acceptors (Lipinski definition) is 4. The minimum atomic E-state index is -0.732. The molecule has 6 heteroatoms. The van der Waals surface area contributed by atoms with Gasteiger partial charge in [-0.2, -0.15) is 0 Å². The molecule has 6 nitrogen and oxygen atoms in total. The number of carbonyl (C=O) groups is 2. The number of hydrogen-bond donors (Lipinski definition) is 2. The van der Waals surface area contributed by atoms with Gasteiger partial charge in [0, 0.05) is 29.1 Å². The Morgan fingerprint density at radius 3 is 2.43 bits per heavy atom. The monoisotopic (exact) mass is 374 g/mol. The average molecular weight is 374 g/mol. The number of methoxy groups -OCH3 is 1. The highest BCUT2D eigenvalue weighted by atomic mass is 16.5. The highest BCUT2D eigenvalue weighted by molar-refractivity contribution is 6.39. The van der Waals surface area contributed by atoms with Crippen LogP contribution in [0.15, 0.2) is 71.1 Å². The van der Waals surface area contributed by atoms with Crippen molar-refractivity contribution in [3.05, 3.63) is 72.3 Å². The Balaban J connectivity index is 1.42. The van der Waals surface area contributed by atoms with E-state index >= 15 is 0 Å². The number of benzene rings is 3. The van der Waals surface area contributed by atoms with Gasteiger partial charge in [-0.25, -0.2) is 0 Å². The lowest BCUT2D eigenvalue weighted by molar-refractivity contribution is -0.136. The topological polar surface area (TPSA) is 80.6 Å². The number of ether oxygens (including phenoxy) is 1. The first-order valence-corrected chi connectivity index (χ1v) is 8.77. The van der Waals surface area contributed by atoms with Crippen LogP contribution in [0.4, 0.5) is 5.69 Å². The van der Waals surface area contributed by atoms with Gasteiger partial charge in [0.05, 0.1) is 7.11 Å². The predicted molar refractivity (Wildman–Crippen MR) is 107 cm³/mol. The molecule has 3 aromatic carbocycles. The van der Waals surface area contributed by atoms with E-state index in [-0.39, 0.29) is 6.54 Å². The van der Waals surface area contributed by atoms with Gasteiger partial charge >= 0.3 is 11.8 Å². The number of anilines is 1. The molecule has 4 rings (SSSR count). The lowest BCUT2D eigenvalue weighted by Gasteiger charge is -2.07. The van der Waals surface area contributed by atoms with Gasteiger partial charge in [0.15, 0.2) is 0 Å². The summed E-state index contributed by atoms with van der Waals surface area (Å²) < 4.78 is 10.9. The summed E-state index contributed by atoms with van der Waals surface area (Å²) in [5.41, 5.74) is 2.79. The zero-order valence-corrected chi connectivity index (χ0v) is 15.2. The normalized spacial score (nSPS) is 10.8. The molecule has 0 atom stereocenters. The molecule has 0 unspecified atom stereocenters. The molecule has 0 aliphatic carbocycles. The van der Waals surface area contributed by atoms with Crippen molar-refractivity contribution in [3.63, 3.8) is 0 Å². The minimum absolute atomic E-state index is 0.249. The van der Waals surface area contributed by atoms with E-state index in [2.05, 4.69) is 10.6 Å². The first kappa shape index (κ1) is 17.6. The second-order valence-corrected chi connectivity index (χ2v) is 6.29. The van der Waals surface area contributed by atoms with Crippen LogP contribution in [-0.4, -0.2) is 18.9 Å². The number of para-hydroxylation sites is 1. The summed E-state index contributed by atoms with van der Waals surface area (Å²) in [6.07, 6.45) is 0. The number of furan rings is 1. The number of nitrogens with one attached hydrogen (secondary N) is 2. The van der Waals surface area contributed by atoms with E-state index in [1.54, 1.807) is 31.4 Å². The maximum Gasteiger partial charge on any atom is 0.313 e. The predicted octanol–water partition coefficient (Wildman–Crippen LogP) is 3.85. The largest absolute Gasteiger partial charge is 0.497 e. The molecule has 0 aliphatic rings. The van der Waals surface area contributed by atoms with Crippen LogP contribution < -0.4 is 15.4 Å². The molecule has 0 saturated heterocycles. The van der Waals surface area contributed by atoms with E-state index < -0.39 is 11.8 Å². The van der Waals surface area contributed by atoms with Crippen molar-refractivity contribution in [2.24, 2.45) is 0 Å². The minimum Gasteiger partial charge on any atom is -0.497 e. The number of carbonyl (C=O) groups excluding carboxylic acids is 2. The fourth-order valence-corrected chi connectivity index (χ4v) is 3.00. The van der Waals surface area contributed by atoms with Gasteiger partial charge in [-0.1, -0.05) is 30.3 Å². The Morgan fingerprint density at radius 2 is 1.64 bits per heavy atom. The van der Waals surface area contributed by atoms with Gasteiger partial charge in [0.2, 0.25) is 0 Å². The summed E-state index contributed by atoms with van der Waals surface area (Å²) in [5, 5.41) is 7.16. The van der Waals surface area contributed by atoms with Gasteiger partial charge in [0.1, 0.15) is 16.9 Å². The second kappa shape index (κ2) is 7.44. The van der Waals surface area contributed by atoms with Crippen LogP contribution >= 0.6 is 0 Å². The van der Waals surface area contributed by atoms with Crippen molar-refractivity contribution < 1.29 is 18.7 Å². The maximum absolute atomic E-state index is 12.2. The molecule has 2 amide bonds. The molecule has 4 aromatic rings. The van der Waals surface area contributed by atoms with E-state index in [4.69, 9.17) is 9.15 Å². The van der Waals surface area contributed by atoms with Gasteiger partial charge in [-0.15, -0.1) is 0 Å². The molecule has 0 spiro atoms. The maximum atomic E-state index is 12.2. The molecule has 0 radical (unpaired) electrons. The van der Waals surface area contributed by atoms with Crippen molar-refractivity contribution in [2.45, 2.75) is 6.54 Å². The third-order valence-corrected chi connectivity index (χ3v) is 4.45. The van der Waals surface area contributed by atoms with Crippen LogP contribution in [0.2, 0.25) is 0 Å². The molecule has 140 valence electrons. The third-order valence-electron chi connectivity index (χ3n) is 4.45. The lowest BCUT2D eigenvalue weighted by atomic mass is 10.1. The summed E-state index contributed by atoms with van der Waals surface area (Å²) in [6, 6.07) is 20.3. The summed E-state index contributed by atoms with van der Waals surface area (Å²) in [5.74, 6) is -0.710. The SMILES string of the molecule is COc1ccc(CNC(=O)C(=O)Nc2ccc3c(c2)oc2ccccc23)cc1. The summed E-state index contributed by atoms with van der Waals surface area (Å²) in [6.45, 7) is 0.249. The molecule has 28 heavy (non-hydrogen) atoms. The molecule has 1 heterocycles. The lowest BCUT2D eigenvalue weighted by Crippen LogP contribution is -2.34. The van der Waals surface area contributed by atoms with Gasteiger partial charge in [-0.05, 0) is 35.9 Å². The zero-order valence-electron chi connectivity index (χ0n) is 15.2. The molecule has 0 saturated carbocycles. The van der Waals surface area contributed by atoms with Crippen LogP contribution in [0.1, 0.15) is 5.56 Å². The third kappa shape index (κ3) is 3.53. The van der Waals surface area contributed by atoms with Crippen LogP contribution in [0.5, 0.6) is 5.75 Å². The Kier molecular flexibility index (Phi) is 4.68. The Labute approximate surface area is 161 Å². The quantitative estimate of drug-likeness (QED) is 0.532. The van der Waals surface area contributed by atoms with Crippen LogP contribution in [0, 0.1) is 0 Å². The van der Waals surface area contributed by atoms with E-state index in [9.17, 15) is 9.59 Å². The van der Waals surface area contributed by atoms with Gasteiger partial charge in [0.25, 0.3) is 0 Å². The highest BCUT2D eigenvalue weighted by Gasteiger charge is 2.14. The van der Waals surface area contributed by atoms with E-state index in [1.807, 2.05) is 42.5 Å². The average Bonchev–Trinajstić information content (AvgIpc) is 3.10. The van der Waals surface area contributed by atoms with Crippen molar-refractivity contribution >= 4 is 39.4 Å². The van der Waals surface area contributed by atoms with Crippen LogP contribution in [0.25, 0.3) is 21.9 Å². The fourth-order valence-electron chi connectivity index (χ4n) is 3.00. The molecule has 2 N–H and O–H groups in total. The Hall–Kier alpha value is -3.80. The number of fused-ring (bicyclic) bond motifs is 3. The Morgan fingerprint density at radius 1 is 0.893 bits per heavy atom.